The first-order valence-corrected chi connectivity index (χ1v) is 10.6. The normalized spacial score (nSPS) is 24.6. The van der Waals surface area contributed by atoms with E-state index < -0.39 is 17.7 Å². The molecular weight excluding hydrogens is 404 g/mol. The van der Waals surface area contributed by atoms with E-state index in [1.54, 1.807) is 31.4 Å². The molecule has 4 aliphatic rings. The number of nitrogens with one attached hydrogen (secondary N) is 1. The molecule has 6 heteroatoms. The van der Waals surface area contributed by atoms with Crippen LogP contribution in [0.2, 0.25) is 0 Å². The molecule has 0 aromatic heterocycles. The Balaban J connectivity index is 1.38. The van der Waals surface area contributed by atoms with Crippen molar-refractivity contribution < 1.29 is 19.1 Å². The molecule has 0 saturated carbocycles. The summed E-state index contributed by atoms with van der Waals surface area (Å²) in [5.74, 6) is -2.01. The summed E-state index contributed by atoms with van der Waals surface area (Å²) in [6.45, 7) is 0. The van der Waals surface area contributed by atoms with Gasteiger partial charge < -0.3 is 4.74 Å². The molecule has 0 spiro atoms. The van der Waals surface area contributed by atoms with Crippen molar-refractivity contribution in [2.24, 2.45) is 11.8 Å². The van der Waals surface area contributed by atoms with E-state index in [1.807, 2.05) is 24.3 Å². The van der Waals surface area contributed by atoms with Gasteiger partial charge in [-0.3, -0.25) is 19.8 Å². The van der Waals surface area contributed by atoms with Crippen molar-refractivity contribution in [2.75, 3.05) is 7.11 Å². The first-order valence-electron chi connectivity index (χ1n) is 10.6. The van der Waals surface area contributed by atoms with Crippen molar-refractivity contribution in [3.05, 3.63) is 101 Å². The van der Waals surface area contributed by atoms with Gasteiger partial charge in [0, 0.05) is 17.4 Å². The van der Waals surface area contributed by atoms with Crippen LogP contribution in [0.4, 0.5) is 0 Å². The van der Waals surface area contributed by atoms with Gasteiger partial charge in [-0.15, -0.1) is 0 Å². The Morgan fingerprint density at radius 3 is 1.59 bits per heavy atom. The Kier molecular flexibility index (Phi) is 3.99. The third-order valence-electron chi connectivity index (χ3n) is 7.01. The average Bonchev–Trinajstić information content (AvgIpc) is 3.09. The van der Waals surface area contributed by atoms with Gasteiger partial charge in [0.2, 0.25) is 0 Å². The third-order valence-corrected chi connectivity index (χ3v) is 7.01. The fourth-order valence-corrected chi connectivity index (χ4v) is 5.70. The molecule has 3 aliphatic carbocycles. The Labute approximate surface area is 184 Å². The van der Waals surface area contributed by atoms with Gasteiger partial charge in [0.15, 0.2) is 0 Å². The van der Waals surface area contributed by atoms with Gasteiger partial charge in [-0.25, -0.2) is 0 Å². The molecule has 2 bridgehead atoms. The zero-order valence-electron chi connectivity index (χ0n) is 17.3. The number of nitrogens with zero attached hydrogens (tertiary/aromatic N) is 1. The molecule has 1 aliphatic heterocycles. The summed E-state index contributed by atoms with van der Waals surface area (Å²) in [7, 11) is 1.54. The van der Waals surface area contributed by atoms with Gasteiger partial charge in [-0.05, 0) is 46.5 Å². The monoisotopic (exact) mass is 424 g/mol. The largest absolute Gasteiger partial charge is 0.497 e. The topological polar surface area (TPSA) is 75.7 Å². The van der Waals surface area contributed by atoms with Crippen LogP contribution in [-0.4, -0.2) is 29.8 Å². The predicted molar refractivity (Wildman–Crippen MR) is 116 cm³/mol. The zero-order valence-corrected chi connectivity index (χ0v) is 17.3. The van der Waals surface area contributed by atoms with Crippen LogP contribution in [-0.2, 0) is 9.59 Å². The van der Waals surface area contributed by atoms with E-state index in [4.69, 9.17) is 4.74 Å². The van der Waals surface area contributed by atoms with Gasteiger partial charge >= 0.3 is 0 Å². The highest BCUT2D eigenvalue weighted by molar-refractivity contribution is 6.09. The Hall–Kier alpha value is -3.93. The standard InChI is InChI=1S/C26H20N2O4/c1-32-15-12-10-14(11-13-15)24(29)27-28-25(30)22-20-16-6-2-3-7-17(16)21(23(22)26(28)31)19-9-5-4-8-18(19)20/h2-13,20-23H,1H3,(H,27,29)/t20?,21?,22-,23+. The van der Waals surface area contributed by atoms with Crippen molar-refractivity contribution >= 4 is 17.7 Å². The number of methoxy groups -OCH3 is 1. The fraction of sp³-hybridized carbons (Fsp3) is 0.192. The van der Waals surface area contributed by atoms with Crippen molar-refractivity contribution in [3.8, 4) is 5.75 Å². The highest BCUT2D eigenvalue weighted by Crippen LogP contribution is 2.60. The number of benzene rings is 3. The highest BCUT2D eigenvalue weighted by atomic mass is 16.5. The summed E-state index contributed by atoms with van der Waals surface area (Å²) in [6.07, 6.45) is 0. The lowest BCUT2D eigenvalue weighted by atomic mass is 9.55. The zero-order chi connectivity index (χ0) is 22.0. The number of rotatable bonds is 3. The number of hydrogen-bond donors (Lipinski definition) is 1. The Morgan fingerprint density at radius 1 is 0.750 bits per heavy atom. The van der Waals surface area contributed by atoms with E-state index >= 15 is 0 Å². The second-order valence-electron chi connectivity index (χ2n) is 8.45. The first kappa shape index (κ1) is 18.8. The molecule has 3 aromatic rings. The molecule has 3 amide bonds. The van der Waals surface area contributed by atoms with Crippen molar-refractivity contribution in [2.45, 2.75) is 11.8 Å². The SMILES string of the molecule is COc1ccc(C(=O)NN2C(=O)[C@@H]3C4c5ccccc5C(c5ccccc54)[C@@H]3C2=O)cc1. The summed E-state index contributed by atoms with van der Waals surface area (Å²) < 4.78 is 5.12. The minimum atomic E-state index is -0.520. The summed E-state index contributed by atoms with van der Waals surface area (Å²) in [4.78, 5) is 39.8. The van der Waals surface area contributed by atoms with Crippen molar-refractivity contribution in [1.82, 2.24) is 10.4 Å². The quantitative estimate of drug-likeness (QED) is 0.655. The van der Waals surface area contributed by atoms with Gasteiger partial charge in [-0.2, -0.15) is 5.01 Å². The molecule has 1 fully saturated rings. The molecule has 1 saturated heterocycles. The summed E-state index contributed by atoms with van der Waals surface area (Å²) >= 11 is 0. The molecule has 3 aromatic carbocycles. The summed E-state index contributed by atoms with van der Waals surface area (Å²) in [5.41, 5.74) is 7.30. The molecule has 7 rings (SSSR count). The van der Waals surface area contributed by atoms with Crippen LogP contribution in [0.25, 0.3) is 0 Å². The molecule has 1 N–H and O–H groups in total. The van der Waals surface area contributed by atoms with Crippen LogP contribution >= 0.6 is 0 Å². The smallest absolute Gasteiger partial charge is 0.270 e. The number of hydrazine groups is 1. The second-order valence-corrected chi connectivity index (χ2v) is 8.45. The fourth-order valence-electron chi connectivity index (χ4n) is 5.70. The molecule has 0 unspecified atom stereocenters. The highest BCUT2D eigenvalue weighted by Gasteiger charge is 2.62. The van der Waals surface area contributed by atoms with Crippen LogP contribution in [0.3, 0.4) is 0 Å². The summed E-state index contributed by atoms with van der Waals surface area (Å²) in [5, 5.41) is 0.944. The number of carbonyl (C=O) groups is 3. The van der Waals surface area contributed by atoms with Crippen LogP contribution in [0.1, 0.15) is 44.4 Å². The van der Waals surface area contributed by atoms with Crippen LogP contribution in [0, 0.1) is 11.8 Å². The maximum absolute atomic E-state index is 13.5. The van der Waals surface area contributed by atoms with E-state index in [2.05, 4.69) is 29.7 Å². The predicted octanol–water partition coefficient (Wildman–Crippen LogP) is 3.23. The maximum atomic E-state index is 13.5. The number of amides is 3. The van der Waals surface area contributed by atoms with E-state index in [9.17, 15) is 14.4 Å². The lowest BCUT2D eigenvalue weighted by Crippen LogP contribution is -2.46. The molecule has 158 valence electrons. The van der Waals surface area contributed by atoms with Crippen molar-refractivity contribution in [1.29, 1.82) is 0 Å². The molecule has 2 atom stereocenters. The van der Waals surface area contributed by atoms with E-state index in [0.717, 1.165) is 27.3 Å². The Morgan fingerprint density at radius 2 is 1.19 bits per heavy atom. The van der Waals surface area contributed by atoms with Crippen LogP contribution < -0.4 is 10.2 Å². The molecule has 32 heavy (non-hydrogen) atoms. The second kappa shape index (κ2) is 6.79. The number of carbonyl (C=O) groups excluding carboxylic acids is 3. The van der Waals surface area contributed by atoms with Crippen LogP contribution in [0.15, 0.2) is 72.8 Å². The van der Waals surface area contributed by atoms with Gasteiger partial charge in [0.1, 0.15) is 5.75 Å². The van der Waals surface area contributed by atoms with Gasteiger partial charge in [-0.1, -0.05) is 48.5 Å². The Bertz CT molecular complexity index is 1170. The van der Waals surface area contributed by atoms with E-state index in [1.165, 1.54) is 0 Å². The van der Waals surface area contributed by atoms with Gasteiger partial charge in [0.25, 0.3) is 17.7 Å². The minimum Gasteiger partial charge on any atom is -0.497 e. The molecule has 0 radical (unpaired) electrons. The number of ether oxygens (including phenoxy) is 1. The van der Waals surface area contributed by atoms with E-state index in [0.29, 0.717) is 11.3 Å². The molecular formula is C26H20N2O4. The number of hydrogen-bond acceptors (Lipinski definition) is 4. The van der Waals surface area contributed by atoms with Crippen molar-refractivity contribution in [3.63, 3.8) is 0 Å². The minimum absolute atomic E-state index is 0.197. The lowest BCUT2D eigenvalue weighted by Gasteiger charge is -2.45. The third kappa shape index (κ3) is 2.43. The lowest BCUT2D eigenvalue weighted by molar-refractivity contribution is -0.142. The summed E-state index contributed by atoms with van der Waals surface area (Å²) in [6, 6.07) is 22.6. The first-order chi connectivity index (χ1) is 15.6. The van der Waals surface area contributed by atoms with E-state index in [-0.39, 0.29) is 23.7 Å². The number of imide groups is 1. The average molecular weight is 424 g/mol. The van der Waals surface area contributed by atoms with Crippen LogP contribution in [0.5, 0.6) is 5.75 Å². The van der Waals surface area contributed by atoms with Gasteiger partial charge in [0.05, 0.1) is 18.9 Å². The maximum Gasteiger partial charge on any atom is 0.270 e. The molecule has 1 heterocycles. The molecule has 6 nitrogen and oxygen atoms in total.